The quantitative estimate of drug-likeness (QED) is 0.857. The van der Waals surface area contributed by atoms with E-state index in [1.165, 1.54) is 23.1 Å². The minimum absolute atomic E-state index is 0.0320. The fourth-order valence-electron chi connectivity index (χ4n) is 1.52. The average molecular weight is 328 g/mol. The lowest BCUT2D eigenvalue weighted by Gasteiger charge is -2.16. The highest BCUT2D eigenvalue weighted by Gasteiger charge is 2.12. The molecule has 0 aromatic carbocycles. The van der Waals surface area contributed by atoms with Crippen LogP contribution in [-0.2, 0) is 11.3 Å². The van der Waals surface area contributed by atoms with Crippen molar-refractivity contribution in [3.05, 3.63) is 39.7 Å². The molecule has 2 rings (SSSR count). The van der Waals surface area contributed by atoms with Crippen LogP contribution in [0.2, 0.25) is 4.34 Å². The zero-order valence-electron chi connectivity index (χ0n) is 10.9. The first-order valence-electron chi connectivity index (χ1n) is 5.87. The van der Waals surface area contributed by atoms with E-state index >= 15 is 0 Å². The first-order chi connectivity index (χ1) is 9.56. The van der Waals surface area contributed by atoms with Crippen molar-refractivity contribution in [2.45, 2.75) is 11.6 Å². The van der Waals surface area contributed by atoms with Crippen molar-refractivity contribution in [2.24, 2.45) is 0 Å². The van der Waals surface area contributed by atoms with Gasteiger partial charge in [0.05, 0.1) is 22.3 Å². The summed E-state index contributed by atoms with van der Waals surface area (Å²) in [5, 5.41) is 0.688. The van der Waals surface area contributed by atoms with Gasteiger partial charge in [0.2, 0.25) is 5.91 Å². The summed E-state index contributed by atoms with van der Waals surface area (Å²) in [7, 11) is 1.78. The van der Waals surface area contributed by atoms with Crippen LogP contribution in [0, 0.1) is 0 Å². The van der Waals surface area contributed by atoms with Crippen molar-refractivity contribution >= 4 is 46.3 Å². The monoisotopic (exact) mass is 327 g/mol. The van der Waals surface area contributed by atoms with Gasteiger partial charge in [-0.25, -0.2) is 4.98 Å². The fraction of sp³-hybridized carbons (Fsp3) is 0.231. The highest BCUT2D eigenvalue weighted by atomic mass is 35.5. The Bertz CT molecular complexity index is 603. The summed E-state index contributed by atoms with van der Waals surface area (Å²) < 4.78 is 0.733. The summed E-state index contributed by atoms with van der Waals surface area (Å²) in [5.41, 5.74) is 6.38. The summed E-state index contributed by atoms with van der Waals surface area (Å²) in [6, 6.07) is 7.31. The fourth-order valence-corrected chi connectivity index (χ4v) is 3.51. The molecule has 0 bridgehead atoms. The van der Waals surface area contributed by atoms with Gasteiger partial charge in [0.25, 0.3) is 0 Å². The lowest BCUT2D eigenvalue weighted by Crippen LogP contribution is -2.27. The van der Waals surface area contributed by atoms with E-state index in [9.17, 15) is 4.79 Å². The van der Waals surface area contributed by atoms with Gasteiger partial charge in [-0.3, -0.25) is 4.79 Å². The van der Waals surface area contributed by atoms with Crippen molar-refractivity contribution in [3.63, 3.8) is 0 Å². The highest BCUT2D eigenvalue weighted by molar-refractivity contribution is 8.00. The molecule has 2 aromatic rings. The average Bonchev–Trinajstić information content (AvgIpc) is 2.82. The Morgan fingerprint density at radius 1 is 1.50 bits per heavy atom. The van der Waals surface area contributed by atoms with Gasteiger partial charge in [0.1, 0.15) is 5.03 Å². The van der Waals surface area contributed by atoms with Crippen LogP contribution >= 0.6 is 34.7 Å². The van der Waals surface area contributed by atoms with Crippen LogP contribution in [0.1, 0.15) is 4.88 Å². The third-order valence-corrected chi connectivity index (χ3v) is 4.80. The van der Waals surface area contributed by atoms with Crippen molar-refractivity contribution in [1.82, 2.24) is 9.88 Å². The second-order valence-electron chi connectivity index (χ2n) is 4.14. The Kier molecular flexibility index (Phi) is 5.28. The number of halogens is 1. The highest BCUT2D eigenvalue weighted by Crippen LogP contribution is 2.24. The molecule has 2 heterocycles. The Morgan fingerprint density at radius 2 is 2.30 bits per heavy atom. The minimum Gasteiger partial charge on any atom is -0.397 e. The van der Waals surface area contributed by atoms with Gasteiger partial charge in [-0.15, -0.1) is 11.3 Å². The normalized spacial score (nSPS) is 10.5. The number of nitrogens with zero attached hydrogens (tertiary/aromatic N) is 2. The summed E-state index contributed by atoms with van der Waals surface area (Å²) in [6.45, 7) is 0.564. The first kappa shape index (κ1) is 15.2. The topological polar surface area (TPSA) is 59.2 Å². The maximum Gasteiger partial charge on any atom is 0.233 e. The molecule has 0 spiro atoms. The Hall–Kier alpha value is -1.24. The van der Waals surface area contributed by atoms with Gasteiger partial charge in [-0.1, -0.05) is 23.4 Å². The molecule has 0 radical (unpaired) electrons. The maximum atomic E-state index is 12.0. The number of carbonyl (C=O) groups is 1. The van der Waals surface area contributed by atoms with E-state index in [2.05, 4.69) is 4.98 Å². The Morgan fingerprint density at radius 3 is 2.95 bits per heavy atom. The molecule has 0 aliphatic rings. The number of nitrogen functional groups attached to an aromatic ring is 1. The van der Waals surface area contributed by atoms with E-state index < -0.39 is 0 Å². The lowest BCUT2D eigenvalue weighted by molar-refractivity contribution is -0.127. The summed E-state index contributed by atoms with van der Waals surface area (Å²) in [4.78, 5) is 18.9. The summed E-state index contributed by atoms with van der Waals surface area (Å²) in [6.07, 6.45) is 1.67. The number of thiophene rings is 1. The number of amides is 1. The molecule has 2 N–H and O–H groups in total. The number of thioether (sulfide) groups is 1. The molecule has 0 aliphatic heterocycles. The van der Waals surface area contributed by atoms with Gasteiger partial charge in [-0.2, -0.15) is 0 Å². The SMILES string of the molecule is CN(Cc1ccc(Cl)s1)C(=O)CSc1ncccc1N. The van der Waals surface area contributed by atoms with E-state index in [4.69, 9.17) is 17.3 Å². The molecule has 0 fully saturated rings. The molecule has 4 nitrogen and oxygen atoms in total. The Labute approximate surface area is 130 Å². The molecule has 0 aliphatic carbocycles. The third-order valence-electron chi connectivity index (χ3n) is 2.58. The minimum atomic E-state index is 0.0320. The molecule has 20 heavy (non-hydrogen) atoms. The van der Waals surface area contributed by atoms with E-state index in [1.54, 1.807) is 30.3 Å². The van der Waals surface area contributed by atoms with Crippen LogP contribution in [-0.4, -0.2) is 28.6 Å². The number of rotatable bonds is 5. The number of pyridine rings is 1. The number of hydrogen-bond acceptors (Lipinski definition) is 5. The van der Waals surface area contributed by atoms with Gasteiger partial charge in [0, 0.05) is 18.1 Å². The molecule has 1 amide bonds. The zero-order valence-corrected chi connectivity index (χ0v) is 13.3. The molecule has 0 unspecified atom stereocenters. The number of hydrogen-bond donors (Lipinski definition) is 1. The lowest BCUT2D eigenvalue weighted by atomic mass is 10.4. The van der Waals surface area contributed by atoms with Crippen LogP contribution in [0.5, 0.6) is 0 Å². The van der Waals surface area contributed by atoms with Gasteiger partial charge < -0.3 is 10.6 Å². The second kappa shape index (κ2) is 6.97. The molecule has 7 heteroatoms. The first-order valence-corrected chi connectivity index (χ1v) is 8.05. The largest absolute Gasteiger partial charge is 0.397 e. The van der Waals surface area contributed by atoms with Gasteiger partial charge >= 0.3 is 0 Å². The molecule has 0 saturated carbocycles. The van der Waals surface area contributed by atoms with Crippen LogP contribution in [0.15, 0.2) is 35.5 Å². The third kappa shape index (κ3) is 4.13. The van der Waals surface area contributed by atoms with Crippen LogP contribution < -0.4 is 5.73 Å². The van der Waals surface area contributed by atoms with E-state index in [0.717, 1.165) is 9.21 Å². The van der Waals surface area contributed by atoms with Gasteiger partial charge in [-0.05, 0) is 24.3 Å². The van der Waals surface area contributed by atoms with Crippen LogP contribution in [0.3, 0.4) is 0 Å². The predicted octanol–water partition coefficient (Wildman–Crippen LogP) is 3.13. The number of anilines is 1. The molecule has 2 aromatic heterocycles. The van der Waals surface area contributed by atoms with Crippen molar-refractivity contribution in [2.75, 3.05) is 18.5 Å². The standard InChI is InChI=1S/C13H14ClN3OS2/c1-17(7-9-4-5-11(14)20-9)12(18)8-19-13-10(15)3-2-6-16-13/h2-6H,7-8,15H2,1H3. The molecule has 0 saturated heterocycles. The van der Waals surface area contributed by atoms with E-state index in [1.807, 2.05) is 12.1 Å². The smallest absolute Gasteiger partial charge is 0.233 e. The van der Waals surface area contributed by atoms with E-state index in [-0.39, 0.29) is 5.91 Å². The number of carbonyl (C=O) groups excluding carboxylic acids is 1. The van der Waals surface area contributed by atoms with Gasteiger partial charge in [0.15, 0.2) is 0 Å². The molecular weight excluding hydrogens is 314 g/mol. The Balaban J connectivity index is 1.87. The molecule has 106 valence electrons. The summed E-state index contributed by atoms with van der Waals surface area (Å²) in [5.74, 6) is 0.348. The second-order valence-corrected chi connectivity index (χ2v) is 6.91. The molecular formula is C13H14ClN3OS2. The maximum absolute atomic E-state index is 12.0. The number of aromatic nitrogens is 1. The van der Waals surface area contributed by atoms with Crippen LogP contribution in [0.25, 0.3) is 0 Å². The predicted molar refractivity (Wildman–Crippen MR) is 85.2 cm³/mol. The number of nitrogens with two attached hydrogens (primary N) is 1. The van der Waals surface area contributed by atoms with Crippen molar-refractivity contribution in [1.29, 1.82) is 0 Å². The molecule has 0 atom stereocenters. The van der Waals surface area contributed by atoms with Crippen molar-refractivity contribution in [3.8, 4) is 0 Å². The van der Waals surface area contributed by atoms with Crippen LogP contribution in [0.4, 0.5) is 5.69 Å². The zero-order chi connectivity index (χ0) is 14.5. The van der Waals surface area contributed by atoms with E-state index in [0.29, 0.717) is 23.0 Å². The summed E-state index contributed by atoms with van der Waals surface area (Å²) >= 11 is 8.70. The van der Waals surface area contributed by atoms with Crippen molar-refractivity contribution < 1.29 is 4.79 Å².